The molecule has 2 aromatic rings. The van der Waals surface area contributed by atoms with E-state index in [9.17, 15) is 14.7 Å². The maximum absolute atomic E-state index is 12.4. The summed E-state index contributed by atoms with van der Waals surface area (Å²) in [7, 11) is 0. The van der Waals surface area contributed by atoms with Crippen LogP contribution in [0.1, 0.15) is 38.3 Å². The van der Waals surface area contributed by atoms with Crippen LogP contribution in [0.2, 0.25) is 0 Å². The normalized spacial score (nSPS) is 10.4. The van der Waals surface area contributed by atoms with Gasteiger partial charge in [0.05, 0.1) is 5.52 Å². The van der Waals surface area contributed by atoms with E-state index in [2.05, 4.69) is 0 Å². The summed E-state index contributed by atoms with van der Waals surface area (Å²) in [4.78, 5) is 23.7. The van der Waals surface area contributed by atoms with Crippen LogP contribution in [-0.2, 0) is 32.7 Å². The Morgan fingerprint density at radius 2 is 1.60 bits per heavy atom. The van der Waals surface area contributed by atoms with Gasteiger partial charge in [-0.25, -0.2) is 4.79 Å². The number of hydrogen-bond acceptors (Lipinski definition) is 2. The number of hydrogen-bond donors (Lipinski definition) is 1. The van der Waals surface area contributed by atoms with Crippen molar-refractivity contribution in [2.75, 3.05) is 0 Å². The molecule has 0 aromatic carbocycles. The van der Waals surface area contributed by atoms with Crippen molar-refractivity contribution in [1.82, 2.24) is 4.40 Å². The molecule has 2 aromatic heterocycles. The third-order valence-electron chi connectivity index (χ3n) is 4.02. The van der Waals surface area contributed by atoms with Crippen molar-refractivity contribution in [2.45, 2.75) is 34.6 Å². The minimum atomic E-state index is -1.17. The van der Waals surface area contributed by atoms with E-state index in [1.165, 1.54) is 4.40 Å². The van der Waals surface area contributed by atoms with Gasteiger partial charge in [0.2, 0.25) is 0 Å². The average molecular weight is 348 g/mol. The number of carbonyl (C=O) groups is 1. The van der Waals surface area contributed by atoms with Gasteiger partial charge < -0.3 is 5.11 Å². The second kappa shape index (κ2) is 5.78. The standard InChI is InChI=1S/C15H17NO3.Y/c1-7-6-12-9(3)10(4)13(15(18)19)14(17)16(12)11(5)8(7)2;/h6H,1-5H3,(H,18,19);. The third-order valence-corrected chi connectivity index (χ3v) is 4.02. The molecule has 1 radical (unpaired) electrons. The Bertz CT molecular complexity index is 775. The zero-order valence-corrected chi connectivity index (χ0v) is 15.2. The van der Waals surface area contributed by atoms with Crippen LogP contribution in [0.4, 0.5) is 0 Å². The number of aromatic nitrogens is 1. The van der Waals surface area contributed by atoms with Gasteiger partial charge in [0, 0.05) is 38.4 Å². The average Bonchev–Trinajstić information content (AvgIpc) is 2.32. The molecule has 0 fully saturated rings. The monoisotopic (exact) mass is 348 g/mol. The van der Waals surface area contributed by atoms with Crippen LogP contribution in [0.15, 0.2) is 10.9 Å². The van der Waals surface area contributed by atoms with E-state index in [1.807, 2.05) is 33.8 Å². The zero-order valence-electron chi connectivity index (χ0n) is 12.4. The molecule has 0 saturated heterocycles. The van der Waals surface area contributed by atoms with Crippen LogP contribution in [0.25, 0.3) is 5.52 Å². The van der Waals surface area contributed by atoms with Gasteiger partial charge in [-0.2, -0.15) is 0 Å². The first-order valence-electron chi connectivity index (χ1n) is 6.13. The predicted octanol–water partition coefficient (Wildman–Crippen LogP) is 2.54. The van der Waals surface area contributed by atoms with Gasteiger partial charge >= 0.3 is 5.97 Å². The zero-order chi connectivity index (χ0) is 14.5. The molecule has 0 unspecified atom stereocenters. The van der Waals surface area contributed by atoms with Crippen molar-refractivity contribution in [3.8, 4) is 0 Å². The molecule has 0 aliphatic rings. The maximum atomic E-state index is 12.4. The molecule has 4 nitrogen and oxygen atoms in total. The number of aryl methyl sites for hydroxylation is 3. The van der Waals surface area contributed by atoms with Crippen LogP contribution >= 0.6 is 0 Å². The van der Waals surface area contributed by atoms with Crippen molar-refractivity contribution in [3.05, 3.63) is 49.9 Å². The fourth-order valence-electron chi connectivity index (χ4n) is 2.45. The number of aromatic carboxylic acids is 1. The summed E-state index contributed by atoms with van der Waals surface area (Å²) < 4.78 is 1.51. The fourth-order valence-corrected chi connectivity index (χ4v) is 2.45. The first-order chi connectivity index (χ1) is 8.77. The van der Waals surface area contributed by atoms with Crippen LogP contribution < -0.4 is 5.56 Å². The topological polar surface area (TPSA) is 58.8 Å². The Morgan fingerprint density at radius 3 is 2.10 bits per heavy atom. The minimum absolute atomic E-state index is 0. The summed E-state index contributed by atoms with van der Waals surface area (Å²) in [6.45, 7) is 9.31. The fraction of sp³-hybridized carbons (Fsp3) is 0.333. The van der Waals surface area contributed by atoms with Crippen molar-refractivity contribution >= 4 is 11.5 Å². The molecule has 0 bridgehead atoms. The summed E-state index contributed by atoms with van der Waals surface area (Å²) in [6, 6.07) is 1.94. The molecule has 0 saturated carbocycles. The molecule has 2 heterocycles. The molecule has 0 amide bonds. The molecule has 1 N–H and O–H groups in total. The number of pyridine rings is 2. The van der Waals surface area contributed by atoms with E-state index in [4.69, 9.17) is 0 Å². The number of nitrogens with zero attached hydrogens (tertiary/aromatic N) is 1. The van der Waals surface area contributed by atoms with Crippen molar-refractivity contribution < 1.29 is 42.6 Å². The van der Waals surface area contributed by atoms with E-state index >= 15 is 0 Å². The Kier molecular flexibility index (Phi) is 4.93. The van der Waals surface area contributed by atoms with E-state index in [0.29, 0.717) is 5.56 Å². The summed E-state index contributed by atoms with van der Waals surface area (Å²) in [6.07, 6.45) is 0. The summed E-state index contributed by atoms with van der Waals surface area (Å²) in [5, 5.41) is 9.23. The predicted molar refractivity (Wildman–Crippen MR) is 74.3 cm³/mol. The molecule has 103 valence electrons. The molecule has 0 aliphatic heterocycles. The number of carboxylic acids is 1. The third kappa shape index (κ3) is 2.35. The summed E-state index contributed by atoms with van der Waals surface area (Å²) >= 11 is 0. The molecule has 0 spiro atoms. The second-order valence-electron chi connectivity index (χ2n) is 4.99. The first-order valence-corrected chi connectivity index (χ1v) is 6.13. The largest absolute Gasteiger partial charge is 0.477 e. The van der Waals surface area contributed by atoms with E-state index in [0.717, 1.165) is 27.9 Å². The van der Waals surface area contributed by atoms with Gasteiger partial charge in [-0.1, -0.05) is 0 Å². The van der Waals surface area contributed by atoms with Gasteiger partial charge in [0.25, 0.3) is 5.56 Å². The van der Waals surface area contributed by atoms with Gasteiger partial charge in [-0.05, 0) is 62.9 Å². The Hall–Kier alpha value is -0.996. The molecule has 0 aliphatic carbocycles. The Morgan fingerprint density at radius 1 is 1.05 bits per heavy atom. The summed E-state index contributed by atoms with van der Waals surface area (Å²) in [5.74, 6) is -1.17. The summed E-state index contributed by atoms with van der Waals surface area (Å²) in [5.41, 5.74) is 4.48. The first kappa shape index (κ1) is 17.1. The molecular weight excluding hydrogens is 331 g/mol. The van der Waals surface area contributed by atoms with Crippen LogP contribution in [-0.4, -0.2) is 15.5 Å². The SMILES string of the molecule is Cc1cc2c(C)c(C)c(C(=O)O)c(=O)n2c(C)c1C.[Y]. The van der Waals surface area contributed by atoms with Gasteiger partial charge in [0.15, 0.2) is 0 Å². The Balaban J connectivity index is 0.00000200. The quantitative estimate of drug-likeness (QED) is 0.862. The number of fused-ring (bicyclic) bond motifs is 1. The van der Waals surface area contributed by atoms with Crippen molar-refractivity contribution in [3.63, 3.8) is 0 Å². The Labute approximate surface area is 142 Å². The molecule has 0 atom stereocenters. The van der Waals surface area contributed by atoms with Crippen LogP contribution in [0.5, 0.6) is 0 Å². The minimum Gasteiger partial charge on any atom is -0.477 e. The van der Waals surface area contributed by atoms with Crippen LogP contribution in [0, 0.1) is 34.6 Å². The van der Waals surface area contributed by atoms with E-state index in [-0.39, 0.29) is 38.3 Å². The second-order valence-corrected chi connectivity index (χ2v) is 4.99. The smallest absolute Gasteiger partial charge is 0.341 e. The molecular formula is C15H17NO3Y. The molecule has 20 heavy (non-hydrogen) atoms. The van der Waals surface area contributed by atoms with Gasteiger partial charge in [-0.15, -0.1) is 0 Å². The van der Waals surface area contributed by atoms with Gasteiger partial charge in [0.1, 0.15) is 5.56 Å². The maximum Gasteiger partial charge on any atom is 0.341 e. The number of carboxylic acid groups (broad SMARTS) is 1. The van der Waals surface area contributed by atoms with Gasteiger partial charge in [-0.3, -0.25) is 9.20 Å². The number of rotatable bonds is 1. The van der Waals surface area contributed by atoms with Crippen molar-refractivity contribution in [1.29, 1.82) is 0 Å². The van der Waals surface area contributed by atoms with Crippen LogP contribution in [0.3, 0.4) is 0 Å². The van der Waals surface area contributed by atoms with Crippen molar-refractivity contribution in [2.24, 2.45) is 0 Å². The van der Waals surface area contributed by atoms with E-state index in [1.54, 1.807) is 6.92 Å². The molecule has 2 rings (SSSR count). The molecule has 5 heteroatoms. The van der Waals surface area contributed by atoms with E-state index < -0.39 is 11.5 Å².